The Morgan fingerprint density at radius 1 is 1.55 bits per heavy atom. The number of halogens is 4. The SMILES string of the molecule is O=C(CC(F)(F)F)N1CC[C@H](Oc2ccncc2Cl)C1. The van der Waals surface area contributed by atoms with Crippen LogP contribution in [0.15, 0.2) is 18.5 Å². The Labute approximate surface area is 118 Å². The molecule has 0 bridgehead atoms. The predicted octanol–water partition coefficient (Wildman–Crippen LogP) is 2.67. The number of carbonyl (C=O) groups is 1. The molecule has 1 fully saturated rings. The summed E-state index contributed by atoms with van der Waals surface area (Å²) < 4.78 is 42.0. The summed E-state index contributed by atoms with van der Waals surface area (Å²) in [5, 5.41) is 0.326. The summed E-state index contributed by atoms with van der Waals surface area (Å²) in [6.07, 6.45) is -2.88. The second-order valence-electron chi connectivity index (χ2n) is 4.47. The van der Waals surface area contributed by atoms with Gasteiger partial charge in [-0.3, -0.25) is 9.78 Å². The van der Waals surface area contributed by atoms with E-state index in [1.807, 2.05) is 0 Å². The molecule has 1 amide bonds. The Hall–Kier alpha value is -1.50. The predicted molar refractivity (Wildman–Crippen MR) is 65.5 cm³/mol. The van der Waals surface area contributed by atoms with Gasteiger partial charge in [0.25, 0.3) is 0 Å². The fraction of sp³-hybridized carbons (Fsp3) is 0.500. The highest BCUT2D eigenvalue weighted by Gasteiger charge is 2.36. The third kappa shape index (κ3) is 4.00. The molecule has 0 aliphatic carbocycles. The van der Waals surface area contributed by atoms with E-state index in [4.69, 9.17) is 16.3 Å². The molecule has 1 aliphatic heterocycles. The maximum Gasteiger partial charge on any atom is 0.397 e. The van der Waals surface area contributed by atoms with Crippen LogP contribution in [0.5, 0.6) is 5.75 Å². The molecule has 0 saturated carbocycles. The van der Waals surface area contributed by atoms with E-state index in [-0.39, 0.29) is 19.2 Å². The van der Waals surface area contributed by atoms with Gasteiger partial charge in [-0.1, -0.05) is 11.6 Å². The van der Waals surface area contributed by atoms with Crippen LogP contribution in [0.3, 0.4) is 0 Å². The number of amides is 1. The van der Waals surface area contributed by atoms with Gasteiger partial charge in [0.05, 0.1) is 6.54 Å². The summed E-state index contributed by atoms with van der Waals surface area (Å²) in [6.45, 7) is 0.385. The van der Waals surface area contributed by atoms with Crippen molar-refractivity contribution >= 4 is 17.5 Å². The molecule has 0 spiro atoms. The van der Waals surface area contributed by atoms with E-state index in [2.05, 4.69) is 4.98 Å². The van der Waals surface area contributed by atoms with Crippen LogP contribution in [0, 0.1) is 0 Å². The van der Waals surface area contributed by atoms with Gasteiger partial charge in [0, 0.05) is 31.4 Å². The fourth-order valence-electron chi connectivity index (χ4n) is 1.97. The van der Waals surface area contributed by atoms with E-state index in [0.717, 1.165) is 4.90 Å². The van der Waals surface area contributed by atoms with E-state index in [1.165, 1.54) is 12.4 Å². The molecule has 1 aliphatic rings. The summed E-state index contributed by atoms with van der Waals surface area (Å²) in [4.78, 5) is 16.4. The number of carbonyl (C=O) groups excluding carboxylic acids is 1. The monoisotopic (exact) mass is 308 g/mol. The third-order valence-corrected chi connectivity index (χ3v) is 3.16. The molecule has 2 rings (SSSR count). The maximum absolute atomic E-state index is 12.2. The van der Waals surface area contributed by atoms with Crippen molar-refractivity contribution < 1.29 is 22.7 Å². The standard InChI is InChI=1S/C12H12ClF3N2O2/c13-9-6-17-3-1-10(9)20-8-2-4-18(7-8)11(19)5-12(14,15)16/h1,3,6,8H,2,4-5,7H2/t8-/m0/s1. The van der Waals surface area contributed by atoms with E-state index in [9.17, 15) is 18.0 Å². The molecule has 1 saturated heterocycles. The summed E-state index contributed by atoms with van der Waals surface area (Å²) >= 11 is 5.87. The zero-order valence-corrected chi connectivity index (χ0v) is 11.1. The van der Waals surface area contributed by atoms with Crippen molar-refractivity contribution in [2.45, 2.75) is 25.1 Å². The normalized spacial score (nSPS) is 19.2. The maximum atomic E-state index is 12.2. The lowest BCUT2D eigenvalue weighted by Crippen LogP contribution is -2.33. The van der Waals surface area contributed by atoms with E-state index in [0.29, 0.717) is 17.2 Å². The number of hydrogen-bond acceptors (Lipinski definition) is 3. The largest absolute Gasteiger partial charge is 0.487 e. The van der Waals surface area contributed by atoms with Gasteiger partial charge in [0.2, 0.25) is 5.91 Å². The van der Waals surface area contributed by atoms with E-state index in [1.54, 1.807) is 6.07 Å². The van der Waals surface area contributed by atoms with Crippen molar-refractivity contribution in [2.24, 2.45) is 0 Å². The molecule has 1 aromatic heterocycles. The first-order valence-corrected chi connectivity index (χ1v) is 6.33. The summed E-state index contributed by atoms with van der Waals surface area (Å²) in [6, 6.07) is 1.57. The van der Waals surface area contributed by atoms with Crippen LogP contribution < -0.4 is 4.74 Å². The lowest BCUT2D eigenvalue weighted by Gasteiger charge is -2.18. The van der Waals surface area contributed by atoms with Crippen LogP contribution in [-0.4, -0.2) is 41.2 Å². The first kappa shape index (κ1) is 14.9. The van der Waals surface area contributed by atoms with Crippen LogP contribution in [0.4, 0.5) is 13.2 Å². The lowest BCUT2D eigenvalue weighted by atomic mass is 10.3. The molecular weight excluding hydrogens is 297 g/mol. The zero-order chi connectivity index (χ0) is 14.8. The minimum absolute atomic E-state index is 0.133. The van der Waals surface area contributed by atoms with Gasteiger partial charge in [0.15, 0.2) is 0 Å². The Balaban J connectivity index is 1.90. The first-order valence-electron chi connectivity index (χ1n) is 5.96. The fourth-order valence-corrected chi connectivity index (χ4v) is 2.14. The average Bonchev–Trinajstić information content (AvgIpc) is 2.79. The minimum atomic E-state index is -4.48. The van der Waals surface area contributed by atoms with Crippen molar-refractivity contribution in [1.29, 1.82) is 0 Å². The molecular formula is C12H12ClF3N2O2. The lowest BCUT2D eigenvalue weighted by molar-refractivity contribution is -0.160. The zero-order valence-electron chi connectivity index (χ0n) is 10.4. The highest BCUT2D eigenvalue weighted by molar-refractivity contribution is 6.31. The molecule has 8 heteroatoms. The highest BCUT2D eigenvalue weighted by atomic mass is 35.5. The van der Waals surface area contributed by atoms with Gasteiger partial charge < -0.3 is 9.64 Å². The topological polar surface area (TPSA) is 42.4 Å². The molecule has 20 heavy (non-hydrogen) atoms. The minimum Gasteiger partial charge on any atom is -0.487 e. The Kier molecular flexibility index (Phi) is 4.37. The summed E-state index contributed by atoms with van der Waals surface area (Å²) in [5.41, 5.74) is 0. The van der Waals surface area contributed by atoms with Crippen molar-refractivity contribution in [2.75, 3.05) is 13.1 Å². The molecule has 2 heterocycles. The number of hydrogen-bond donors (Lipinski definition) is 0. The molecule has 110 valence electrons. The molecule has 0 N–H and O–H groups in total. The molecule has 0 aromatic carbocycles. The van der Waals surface area contributed by atoms with Gasteiger partial charge in [-0.2, -0.15) is 13.2 Å². The van der Waals surface area contributed by atoms with Gasteiger partial charge >= 0.3 is 6.18 Å². The van der Waals surface area contributed by atoms with Crippen molar-refractivity contribution in [3.8, 4) is 5.75 Å². The van der Waals surface area contributed by atoms with Gasteiger partial charge in [-0.15, -0.1) is 0 Å². The number of rotatable bonds is 3. The number of pyridine rings is 1. The third-order valence-electron chi connectivity index (χ3n) is 2.88. The van der Waals surface area contributed by atoms with Gasteiger partial charge in [0.1, 0.15) is 23.3 Å². The Morgan fingerprint density at radius 2 is 2.30 bits per heavy atom. The number of alkyl halides is 3. The van der Waals surface area contributed by atoms with Crippen molar-refractivity contribution in [1.82, 2.24) is 9.88 Å². The highest BCUT2D eigenvalue weighted by Crippen LogP contribution is 2.27. The van der Waals surface area contributed by atoms with Crippen LogP contribution in [0.2, 0.25) is 5.02 Å². The van der Waals surface area contributed by atoms with E-state index < -0.39 is 18.5 Å². The first-order chi connectivity index (χ1) is 9.35. The van der Waals surface area contributed by atoms with Gasteiger partial charge in [-0.25, -0.2) is 0 Å². The van der Waals surface area contributed by atoms with Crippen molar-refractivity contribution in [3.63, 3.8) is 0 Å². The molecule has 1 atom stereocenters. The number of likely N-dealkylation sites (tertiary alicyclic amines) is 1. The average molecular weight is 309 g/mol. The number of nitrogens with zero attached hydrogens (tertiary/aromatic N) is 2. The smallest absolute Gasteiger partial charge is 0.397 e. The second-order valence-corrected chi connectivity index (χ2v) is 4.87. The van der Waals surface area contributed by atoms with Crippen LogP contribution >= 0.6 is 11.6 Å². The molecule has 0 unspecified atom stereocenters. The molecule has 0 radical (unpaired) electrons. The quantitative estimate of drug-likeness (QED) is 0.862. The van der Waals surface area contributed by atoms with Crippen LogP contribution in [-0.2, 0) is 4.79 Å². The summed E-state index contributed by atoms with van der Waals surface area (Å²) in [5.74, 6) is -0.513. The summed E-state index contributed by atoms with van der Waals surface area (Å²) in [7, 11) is 0. The van der Waals surface area contributed by atoms with Crippen LogP contribution in [0.1, 0.15) is 12.8 Å². The van der Waals surface area contributed by atoms with Crippen molar-refractivity contribution in [3.05, 3.63) is 23.5 Å². The van der Waals surface area contributed by atoms with E-state index >= 15 is 0 Å². The van der Waals surface area contributed by atoms with Gasteiger partial charge in [-0.05, 0) is 0 Å². The number of ether oxygens (including phenoxy) is 1. The second kappa shape index (κ2) is 5.87. The number of aromatic nitrogens is 1. The Morgan fingerprint density at radius 3 is 2.95 bits per heavy atom. The van der Waals surface area contributed by atoms with Crippen LogP contribution in [0.25, 0.3) is 0 Å². The molecule has 4 nitrogen and oxygen atoms in total. The Bertz CT molecular complexity index is 496. The molecule has 1 aromatic rings.